The highest BCUT2D eigenvalue weighted by Crippen LogP contribution is 2.29. The van der Waals surface area contributed by atoms with Crippen LogP contribution in [0.15, 0.2) is 36.5 Å². The van der Waals surface area contributed by atoms with Gasteiger partial charge >= 0.3 is 0 Å². The maximum Gasteiger partial charge on any atom is 0.137 e. The number of nitrogens with two attached hydrogens (primary N) is 1. The lowest BCUT2D eigenvalue weighted by Gasteiger charge is -2.06. The van der Waals surface area contributed by atoms with E-state index in [0.717, 1.165) is 11.3 Å². The van der Waals surface area contributed by atoms with E-state index >= 15 is 0 Å². The molecule has 1 heterocycles. The van der Waals surface area contributed by atoms with Gasteiger partial charge in [-0.25, -0.2) is 0 Å². The Labute approximate surface area is 98.8 Å². The molecule has 1 aromatic carbocycles. The van der Waals surface area contributed by atoms with Crippen LogP contribution >= 0.6 is 11.6 Å². The van der Waals surface area contributed by atoms with Crippen LogP contribution in [0.25, 0.3) is 11.3 Å². The molecular weight excluding hydrogens is 224 g/mol. The number of ether oxygens (including phenoxy) is 1. The monoisotopic (exact) mass is 234 g/mol. The van der Waals surface area contributed by atoms with Crippen molar-refractivity contribution in [1.82, 2.24) is 4.98 Å². The molecule has 0 radical (unpaired) electrons. The van der Waals surface area contributed by atoms with Crippen molar-refractivity contribution in [2.75, 3.05) is 12.8 Å². The Morgan fingerprint density at radius 3 is 2.69 bits per heavy atom. The average molecular weight is 235 g/mol. The molecule has 0 spiro atoms. The van der Waals surface area contributed by atoms with Crippen molar-refractivity contribution in [3.05, 3.63) is 41.6 Å². The van der Waals surface area contributed by atoms with E-state index in [9.17, 15) is 0 Å². The van der Waals surface area contributed by atoms with Gasteiger partial charge in [0.2, 0.25) is 0 Å². The molecule has 16 heavy (non-hydrogen) atoms. The van der Waals surface area contributed by atoms with Gasteiger partial charge in [-0.2, -0.15) is 0 Å². The quantitative estimate of drug-likeness (QED) is 0.869. The van der Waals surface area contributed by atoms with E-state index in [1.165, 1.54) is 0 Å². The molecule has 0 amide bonds. The van der Waals surface area contributed by atoms with Crippen LogP contribution in [-0.4, -0.2) is 12.1 Å². The summed E-state index contributed by atoms with van der Waals surface area (Å²) in [6.45, 7) is 0. The number of halogens is 1. The number of nitrogens with zero attached hydrogens (tertiary/aromatic N) is 1. The third-order valence-corrected chi connectivity index (χ3v) is 2.53. The lowest BCUT2D eigenvalue weighted by atomic mass is 10.1. The number of hydrogen-bond acceptors (Lipinski definition) is 3. The molecule has 0 bridgehead atoms. The van der Waals surface area contributed by atoms with Crippen molar-refractivity contribution in [3.8, 4) is 17.0 Å². The van der Waals surface area contributed by atoms with Crippen molar-refractivity contribution in [2.45, 2.75) is 0 Å². The zero-order chi connectivity index (χ0) is 11.5. The van der Waals surface area contributed by atoms with Gasteiger partial charge in [0.15, 0.2) is 0 Å². The van der Waals surface area contributed by atoms with Crippen molar-refractivity contribution >= 4 is 17.3 Å². The maximum absolute atomic E-state index is 6.04. The Balaban J connectivity index is 2.45. The predicted octanol–water partition coefficient (Wildman–Crippen LogP) is 2.99. The second-order valence-corrected chi connectivity index (χ2v) is 3.73. The van der Waals surface area contributed by atoms with Gasteiger partial charge in [-0.3, -0.25) is 4.98 Å². The summed E-state index contributed by atoms with van der Waals surface area (Å²) in [4.78, 5) is 4.23. The number of anilines is 1. The first kappa shape index (κ1) is 10.8. The van der Waals surface area contributed by atoms with Crippen LogP contribution in [-0.2, 0) is 0 Å². The molecule has 0 fully saturated rings. The number of methoxy groups -OCH3 is 1. The number of pyridine rings is 1. The summed E-state index contributed by atoms with van der Waals surface area (Å²) in [5, 5.41) is 0.559. The molecule has 0 aliphatic rings. The fraction of sp³-hybridized carbons (Fsp3) is 0.0833. The van der Waals surface area contributed by atoms with Crippen LogP contribution in [0.5, 0.6) is 5.75 Å². The zero-order valence-electron chi connectivity index (χ0n) is 8.77. The fourth-order valence-corrected chi connectivity index (χ4v) is 1.69. The third kappa shape index (κ3) is 2.09. The summed E-state index contributed by atoms with van der Waals surface area (Å²) in [7, 11) is 1.58. The Morgan fingerprint density at radius 2 is 2.06 bits per heavy atom. The van der Waals surface area contributed by atoms with Gasteiger partial charge in [0.1, 0.15) is 5.75 Å². The van der Waals surface area contributed by atoms with Gasteiger partial charge in [0.25, 0.3) is 0 Å². The molecule has 1 aromatic heterocycles. The van der Waals surface area contributed by atoms with E-state index < -0.39 is 0 Å². The first-order chi connectivity index (χ1) is 7.70. The maximum atomic E-state index is 6.04. The first-order valence-corrected chi connectivity index (χ1v) is 5.14. The molecule has 82 valence electrons. The summed E-state index contributed by atoms with van der Waals surface area (Å²) in [6, 6.07) is 9.06. The Bertz CT molecular complexity index is 514. The number of benzene rings is 1. The highest BCUT2D eigenvalue weighted by Gasteiger charge is 2.04. The number of nitrogen functional groups attached to an aromatic ring is 1. The minimum atomic E-state index is 0.559. The third-order valence-electron chi connectivity index (χ3n) is 2.23. The topological polar surface area (TPSA) is 48.1 Å². The van der Waals surface area contributed by atoms with Crippen LogP contribution in [0.1, 0.15) is 0 Å². The molecule has 2 aromatic rings. The van der Waals surface area contributed by atoms with Crippen LogP contribution in [0, 0.1) is 0 Å². The van der Waals surface area contributed by atoms with Crippen LogP contribution in [0.4, 0.5) is 5.69 Å². The number of rotatable bonds is 2. The molecule has 4 heteroatoms. The summed E-state index contributed by atoms with van der Waals surface area (Å²) in [6.07, 6.45) is 1.67. The normalized spacial score (nSPS) is 10.1. The van der Waals surface area contributed by atoms with E-state index in [4.69, 9.17) is 22.1 Å². The Kier molecular flexibility index (Phi) is 2.97. The second-order valence-electron chi connectivity index (χ2n) is 3.32. The summed E-state index contributed by atoms with van der Waals surface area (Å²) < 4.78 is 5.08. The minimum Gasteiger partial charge on any atom is -0.495 e. The SMILES string of the molecule is COc1ccc(-c2cc(N)ccn2)cc1Cl. The van der Waals surface area contributed by atoms with E-state index in [0.29, 0.717) is 16.5 Å². The smallest absolute Gasteiger partial charge is 0.137 e. The van der Waals surface area contributed by atoms with E-state index in [1.54, 1.807) is 25.4 Å². The van der Waals surface area contributed by atoms with E-state index in [2.05, 4.69) is 4.98 Å². The van der Waals surface area contributed by atoms with Gasteiger partial charge in [-0.15, -0.1) is 0 Å². The molecule has 0 saturated carbocycles. The zero-order valence-corrected chi connectivity index (χ0v) is 9.53. The van der Waals surface area contributed by atoms with E-state index in [-0.39, 0.29) is 0 Å². The molecule has 0 aliphatic heterocycles. The van der Waals surface area contributed by atoms with Crippen molar-refractivity contribution in [3.63, 3.8) is 0 Å². The molecule has 0 atom stereocenters. The molecule has 2 rings (SSSR count). The van der Waals surface area contributed by atoms with Gasteiger partial charge in [0, 0.05) is 17.4 Å². The molecule has 2 N–H and O–H groups in total. The number of aromatic nitrogens is 1. The molecule has 0 aliphatic carbocycles. The first-order valence-electron chi connectivity index (χ1n) is 4.76. The summed E-state index contributed by atoms with van der Waals surface area (Å²) >= 11 is 6.04. The van der Waals surface area contributed by atoms with Gasteiger partial charge in [-0.1, -0.05) is 11.6 Å². The lowest BCUT2D eigenvalue weighted by molar-refractivity contribution is 0.415. The standard InChI is InChI=1S/C12H11ClN2O/c1-16-12-3-2-8(6-10(12)13)11-7-9(14)4-5-15-11/h2-7H,1H3,(H2,14,15). The van der Waals surface area contributed by atoms with Gasteiger partial charge in [-0.05, 0) is 30.3 Å². The van der Waals surface area contributed by atoms with Crippen molar-refractivity contribution in [1.29, 1.82) is 0 Å². The highest BCUT2D eigenvalue weighted by molar-refractivity contribution is 6.32. The van der Waals surface area contributed by atoms with Crippen LogP contribution < -0.4 is 10.5 Å². The number of hydrogen-bond donors (Lipinski definition) is 1. The molecular formula is C12H11ClN2O. The lowest BCUT2D eigenvalue weighted by Crippen LogP contribution is -1.89. The molecule has 0 saturated heterocycles. The summed E-state index contributed by atoms with van der Waals surface area (Å²) in [5.74, 6) is 0.648. The molecule has 3 nitrogen and oxygen atoms in total. The minimum absolute atomic E-state index is 0.559. The van der Waals surface area contributed by atoms with E-state index in [1.807, 2.05) is 18.2 Å². The summed E-state index contributed by atoms with van der Waals surface area (Å²) in [5.41, 5.74) is 8.08. The van der Waals surface area contributed by atoms with Crippen molar-refractivity contribution < 1.29 is 4.74 Å². The Hall–Kier alpha value is -1.74. The highest BCUT2D eigenvalue weighted by atomic mass is 35.5. The largest absolute Gasteiger partial charge is 0.495 e. The van der Waals surface area contributed by atoms with Gasteiger partial charge < -0.3 is 10.5 Å². The van der Waals surface area contributed by atoms with Crippen molar-refractivity contribution in [2.24, 2.45) is 0 Å². The second kappa shape index (κ2) is 4.41. The Morgan fingerprint density at radius 1 is 1.25 bits per heavy atom. The predicted molar refractivity (Wildman–Crippen MR) is 65.6 cm³/mol. The fourth-order valence-electron chi connectivity index (χ4n) is 1.43. The van der Waals surface area contributed by atoms with Gasteiger partial charge in [0.05, 0.1) is 17.8 Å². The van der Waals surface area contributed by atoms with Crippen LogP contribution in [0.3, 0.4) is 0 Å². The van der Waals surface area contributed by atoms with Crippen LogP contribution in [0.2, 0.25) is 5.02 Å². The molecule has 0 unspecified atom stereocenters. The average Bonchev–Trinajstić information content (AvgIpc) is 2.29.